The fourth-order valence-corrected chi connectivity index (χ4v) is 1.88. The Morgan fingerprint density at radius 1 is 1.23 bits per heavy atom. The normalized spacial score (nSPS) is 10.6. The molecule has 0 bridgehead atoms. The van der Waals surface area contributed by atoms with Crippen LogP contribution >= 0.6 is 0 Å². The molecule has 0 saturated heterocycles. The summed E-state index contributed by atoms with van der Waals surface area (Å²) < 4.78 is 42.3. The summed E-state index contributed by atoms with van der Waals surface area (Å²) in [5.41, 5.74) is 1.07. The number of para-hydroxylation sites is 1. The Labute approximate surface area is 125 Å². The van der Waals surface area contributed by atoms with Gasteiger partial charge in [-0.15, -0.1) is 0 Å². The van der Waals surface area contributed by atoms with Crippen LogP contribution in [-0.2, 0) is 6.54 Å². The molecule has 1 N–H and O–H groups in total. The highest BCUT2D eigenvalue weighted by Crippen LogP contribution is 2.20. The number of carbonyl (C=O) groups excluding carboxylic acids is 1. The van der Waals surface area contributed by atoms with Gasteiger partial charge in [-0.1, -0.05) is 24.3 Å². The molecule has 6 heteroatoms. The molecule has 0 aliphatic rings. The zero-order chi connectivity index (χ0) is 16.1. The van der Waals surface area contributed by atoms with Crippen molar-refractivity contribution >= 4 is 5.91 Å². The van der Waals surface area contributed by atoms with Gasteiger partial charge in [0.15, 0.2) is 0 Å². The van der Waals surface area contributed by atoms with Crippen LogP contribution in [0.3, 0.4) is 0 Å². The molecule has 0 radical (unpaired) electrons. The van der Waals surface area contributed by atoms with Crippen molar-refractivity contribution in [1.82, 2.24) is 5.32 Å². The van der Waals surface area contributed by atoms with E-state index in [-0.39, 0.29) is 23.7 Å². The first kappa shape index (κ1) is 15.9. The van der Waals surface area contributed by atoms with E-state index >= 15 is 0 Å². The number of rotatable bonds is 5. The summed E-state index contributed by atoms with van der Waals surface area (Å²) in [5, 5.41) is 2.55. The first-order chi connectivity index (χ1) is 10.5. The maximum Gasteiger partial charge on any atom is 0.387 e. The fraction of sp³-hybridized carbons (Fsp3) is 0.188. The van der Waals surface area contributed by atoms with E-state index in [0.29, 0.717) is 11.1 Å². The van der Waals surface area contributed by atoms with Crippen molar-refractivity contribution in [3.63, 3.8) is 0 Å². The predicted octanol–water partition coefficient (Wildman–Crippen LogP) is 3.67. The Hall–Kier alpha value is -2.50. The third-order valence-electron chi connectivity index (χ3n) is 3.04. The van der Waals surface area contributed by atoms with Gasteiger partial charge in [0.05, 0.1) is 5.56 Å². The van der Waals surface area contributed by atoms with Crippen LogP contribution in [0.1, 0.15) is 21.5 Å². The van der Waals surface area contributed by atoms with Gasteiger partial charge in [-0.2, -0.15) is 8.78 Å². The van der Waals surface area contributed by atoms with E-state index in [0.717, 1.165) is 0 Å². The minimum Gasteiger partial charge on any atom is -0.434 e. The predicted molar refractivity (Wildman–Crippen MR) is 75.4 cm³/mol. The van der Waals surface area contributed by atoms with Gasteiger partial charge in [0.25, 0.3) is 5.91 Å². The molecule has 0 unspecified atom stereocenters. The summed E-state index contributed by atoms with van der Waals surface area (Å²) in [6.07, 6.45) is 0. The van der Waals surface area contributed by atoms with Crippen molar-refractivity contribution in [1.29, 1.82) is 0 Å². The smallest absolute Gasteiger partial charge is 0.387 e. The van der Waals surface area contributed by atoms with Crippen LogP contribution in [-0.4, -0.2) is 12.5 Å². The molecule has 0 fully saturated rings. The van der Waals surface area contributed by atoms with Gasteiger partial charge in [-0.05, 0) is 36.2 Å². The number of nitrogens with one attached hydrogen (secondary N) is 1. The second-order valence-corrected chi connectivity index (χ2v) is 4.64. The van der Waals surface area contributed by atoms with E-state index in [1.165, 1.54) is 24.3 Å². The number of hydrogen-bond donors (Lipinski definition) is 1. The van der Waals surface area contributed by atoms with Crippen molar-refractivity contribution in [3.05, 3.63) is 65.0 Å². The average molecular weight is 309 g/mol. The topological polar surface area (TPSA) is 38.3 Å². The van der Waals surface area contributed by atoms with Crippen LogP contribution in [0.15, 0.2) is 42.5 Å². The highest BCUT2D eigenvalue weighted by Gasteiger charge is 2.15. The van der Waals surface area contributed by atoms with Crippen LogP contribution < -0.4 is 10.1 Å². The minimum atomic E-state index is -3.01. The maximum atomic E-state index is 13.4. The lowest BCUT2D eigenvalue weighted by molar-refractivity contribution is -0.0501. The lowest BCUT2D eigenvalue weighted by atomic mass is 10.1. The maximum absolute atomic E-state index is 13.4. The molecule has 0 aromatic heterocycles. The third kappa shape index (κ3) is 4.00. The van der Waals surface area contributed by atoms with E-state index in [4.69, 9.17) is 0 Å². The number of amides is 1. The van der Waals surface area contributed by atoms with Crippen molar-refractivity contribution < 1.29 is 22.7 Å². The summed E-state index contributed by atoms with van der Waals surface area (Å²) in [6.45, 7) is -1.30. The molecule has 2 aromatic rings. The van der Waals surface area contributed by atoms with Crippen molar-refractivity contribution in [2.24, 2.45) is 0 Å². The van der Waals surface area contributed by atoms with Crippen molar-refractivity contribution in [2.75, 3.05) is 0 Å². The molecule has 116 valence electrons. The fourth-order valence-electron chi connectivity index (χ4n) is 1.88. The van der Waals surface area contributed by atoms with E-state index in [1.807, 2.05) is 0 Å². The van der Waals surface area contributed by atoms with E-state index in [9.17, 15) is 18.0 Å². The van der Waals surface area contributed by atoms with E-state index < -0.39 is 12.5 Å². The van der Waals surface area contributed by atoms with Gasteiger partial charge in [-0.25, -0.2) is 4.39 Å². The van der Waals surface area contributed by atoms with Gasteiger partial charge < -0.3 is 10.1 Å². The Bertz CT molecular complexity index is 674. The van der Waals surface area contributed by atoms with Crippen molar-refractivity contribution in [3.8, 4) is 5.75 Å². The highest BCUT2D eigenvalue weighted by atomic mass is 19.3. The Morgan fingerprint density at radius 3 is 2.64 bits per heavy atom. The Balaban J connectivity index is 2.07. The number of hydrogen-bond acceptors (Lipinski definition) is 2. The van der Waals surface area contributed by atoms with Gasteiger partial charge in [-0.3, -0.25) is 4.79 Å². The van der Waals surface area contributed by atoms with Gasteiger partial charge in [0, 0.05) is 6.54 Å². The lowest BCUT2D eigenvalue weighted by Gasteiger charge is -2.11. The molecule has 0 heterocycles. The number of carbonyl (C=O) groups is 1. The molecule has 0 saturated carbocycles. The zero-order valence-electron chi connectivity index (χ0n) is 11.8. The molecule has 22 heavy (non-hydrogen) atoms. The molecule has 2 aromatic carbocycles. The first-order valence-corrected chi connectivity index (χ1v) is 6.54. The molecule has 3 nitrogen and oxygen atoms in total. The van der Waals surface area contributed by atoms with Crippen LogP contribution in [0, 0.1) is 12.7 Å². The van der Waals surface area contributed by atoms with Crippen LogP contribution in [0.2, 0.25) is 0 Å². The first-order valence-electron chi connectivity index (χ1n) is 6.54. The molecule has 1 amide bonds. The summed E-state index contributed by atoms with van der Waals surface area (Å²) in [7, 11) is 0. The number of halogens is 3. The van der Waals surface area contributed by atoms with Crippen LogP contribution in [0.4, 0.5) is 13.2 Å². The summed E-state index contributed by atoms with van der Waals surface area (Å²) in [4.78, 5) is 12.0. The second kappa shape index (κ2) is 6.98. The SMILES string of the molecule is Cc1ccc(CNC(=O)c2ccccc2OC(F)F)cc1F. The number of aryl methyl sites for hydroxylation is 1. The summed E-state index contributed by atoms with van der Waals surface area (Å²) in [6, 6.07) is 10.3. The largest absolute Gasteiger partial charge is 0.434 e. The van der Waals surface area contributed by atoms with Crippen LogP contribution in [0.25, 0.3) is 0 Å². The number of benzene rings is 2. The van der Waals surface area contributed by atoms with Gasteiger partial charge >= 0.3 is 6.61 Å². The molecule has 0 aliphatic carbocycles. The molecule has 0 atom stereocenters. The molecule has 2 rings (SSSR count). The Morgan fingerprint density at radius 2 is 1.95 bits per heavy atom. The molecule has 0 spiro atoms. The zero-order valence-corrected chi connectivity index (χ0v) is 11.8. The van der Waals surface area contributed by atoms with E-state index in [2.05, 4.69) is 10.1 Å². The van der Waals surface area contributed by atoms with E-state index in [1.54, 1.807) is 25.1 Å². The molecular formula is C16H14F3NO2. The summed E-state index contributed by atoms with van der Waals surface area (Å²) in [5.74, 6) is -1.14. The standard InChI is InChI=1S/C16H14F3NO2/c1-10-6-7-11(8-13(10)17)9-20-15(21)12-4-2-3-5-14(12)22-16(18)19/h2-8,16H,9H2,1H3,(H,20,21). The minimum absolute atomic E-state index is 0.00427. The average Bonchev–Trinajstić information content (AvgIpc) is 2.48. The van der Waals surface area contributed by atoms with Crippen molar-refractivity contribution in [2.45, 2.75) is 20.1 Å². The molecule has 0 aliphatic heterocycles. The van der Waals surface area contributed by atoms with Gasteiger partial charge in [0.1, 0.15) is 11.6 Å². The quantitative estimate of drug-likeness (QED) is 0.915. The number of alkyl halides is 2. The van der Waals surface area contributed by atoms with Gasteiger partial charge in [0.2, 0.25) is 0 Å². The monoisotopic (exact) mass is 309 g/mol. The second-order valence-electron chi connectivity index (χ2n) is 4.64. The number of ether oxygens (including phenoxy) is 1. The Kier molecular flexibility index (Phi) is 5.04. The lowest BCUT2D eigenvalue weighted by Crippen LogP contribution is -2.24. The van der Waals surface area contributed by atoms with Crippen LogP contribution in [0.5, 0.6) is 5.75 Å². The summed E-state index contributed by atoms with van der Waals surface area (Å²) >= 11 is 0. The molecular weight excluding hydrogens is 295 g/mol. The highest BCUT2D eigenvalue weighted by molar-refractivity contribution is 5.96. The third-order valence-corrected chi connectivity index (χ3v) is 3.04.